The number of hydrogen-bond acceptors (Lipinski definition) is 3. The lowest BCUT2D eigenvalue weighted by atomic mass is 9.88. The lowest BCUT2D eigenvalue weighted by Gasteiger charge is -2.17. The van der Waals surface area contributed by atoms with Gasteiger partial charge in [0.25, 0.3) is 0 Å². The van der Waals surface area contributed by atoms with Crippen LogP contribution in [0, 0.1) is 6.92 Å². The average Bonchev–Trinajstić information content (AvgIpc) is 3.40. The predicted octanol–water partition coefficient (Wildman–Crippen LogP) is 11.9. The predicted molar refractivity (Wildman–Crippen MR) is 193 cm³/mol. The number of fused-ring (bicyclic) bond motifs is 3. The van der Waals surface area contributed by atoms with Crippen molar-refractivity contribution in [3.63, 3.8) is 0 Å². The molecule has 0 unspecified atom stereocenters. The van der Waals surface area contributed by atoms with Crippen LogP contribution in [0.4, 0.5) is 0 Å². The summed E-state index contributed by atoms with van der Waals surface area (Å²) in [6, 6.07) is 37.0. The Morgan fingerprint density at radius 1 is 0.733 bits per heavy atom. The quantitative estimate of drug-likeness (QED) is 0.152. The van der Waals surface area contributed by atoms with E-state index in [4.69, 9.17) is 44.0 Å². The minimum atomic E-state index is 0.560. The number of ether oxygens (including phenoxy) is 1. The van der Waals surface area contributed by atoms with E-state index in [1.54, 1.807) is 12.1 Å². The standard InChI is InChI=1S/C26H29NO.C13H7Cl3O/c1-4-25(21-11-7-5-8-12-21)26(22-13-9-6-10-14-22)23-15-17-24(18-16-23)28-20-19-27(2)3;1-6-2-7(14)3-9-12-10(16)4-8(15)5-11(12)17-13(6)9/h5-18H,4,19-20H2,1-3H3;2-5H,1H3/b26-25-;. The second-order valence-corrected chi connectivity index (χ2v) is 12.4. The molecule has 0 atom stereocenters. The molecule has 1 heterocycles. The first kappa shape index (κ1) is 32.7. The fourth-order valence-electron chi connectivity index (χ4n) is 5.40. The fourth-order valence-corrected chi connectivity index (χ4v) is 6.25. The largest absolute Gasteiger partial charge is 0.492 e. The first-order valence-electron chi connectivity index (χ1n) is 14.9. The van der Waals surface area contributed by atoms with Crippen molar-refractivity contribution in [1.82, 2.24) is 4.90 Å². The minimum Gasteiger partial charge on any atom is -0.492 e. The van der Waals surface area contributed by atoms with Crippen LogP contribution >= 0.6 is 34.8 Å². The summed E-state index contributed by atoms with van der Waals surface area (Å²) < 4.78 is 11.6. The van der Waals surface area contributed by atoms with Crippen LogP contribution in [0.3, 0.4) is 0 Å². The Balaban J connectivity index is 0.000000200. The zero-order valence-corrected chi connectivity index (χ0v) is 28.2. The third-order valence-corrected chi connectivity index (χ3v) is 8.26. The SMILES string of the molecule is CC/C(=C(\c1ccccc1)c1ccc(OCCN(C)C)cc1)c1ccccc1.Cc1cc(Cl)cc2c1oc1cc(Cl)cc(Cl)c12. The van der Waals surface area contributed by atoms with Gasteiger partial charge in [-0.25, -0.2) is 0 Å². The van der Waals surface area contributed by atoms with Crippen molar-refractivity contribution in [3.05, 3.63) is 147 Å². The number of rotatable bonds is 8. The maximum absolute atomic E-state index is 6.20. The number of aryl methyl sites for hydroxylation is 1. The fraction of sp³-hybridized carbons (Fsp3) is 0.179. The molecule has 6 heteroatoms. The van der Waals surface area contributed by atoms with Crippen molar-refractivity contribution in [3.8, 4) is 5.75 Å². The third-order valence-electron chi connectivity index (χ3n) is 7.53. The number of benzene rings is 5. The van der Waals surface area contributed by atoms with Crippen LogP contribution in [0.25, 0.3) is 33.1 Å². The number of nitrogens with zero attached hydrogens (tertiary/aromatic N) is 1. The van der Waals surface area contributed by atoms with Crippen molar-refractivity contribution in [2.45, 2.75) is 20.3 Å². The zero-order chi connectivity index (χ0) is 31.9. The number of halogens is 3. The number of hydrogen-bond donors (Lipinski definition) is 0. The molecule has 0 aliphatic rings. The molecule has 0 spiro atoms. The molecular weight excluding hydrogens is 621 g/mol. The average molecular weight is 657 g/mol. The summed E-state index contributed by atoms with van der Waals surface area (Å²) in [6.07, 6.45) is 0.968. The molecule has 0 bridgehead atoms. The Morgan fingerprint density at radius 2 is 1.33 bits per heavy atom. The normalized spacial score (nSPS) is 11.8. The second-order valence-electron chi connectivity index (χ2n) is 11.1. The Bertz CT molecular complexity index is 1910. The van der Waals surface area contributed by atoms with Gasteiger partial charge in [0, 0.05) is 33.4 Å². The van der Waals surface area contributed by atoms with Gasteiger partial charge in [0.1, 0.15) is 23.5 Å². The van der Waals surface area contributed by atoms with Gasteiger partial charge in [-0.1, -0.05) is 115 Å². The van der Waals surface area contributed by atoms with Crippen LogP contribution in [-0.2, 0) is 0 Å². The van der Waals surface area contributed by atoms with Gasteiger partial charge in [-0.15, -0.1) is 0 Å². The number of allylic oxidation sites excluding steroid dienone is 1. The molecular formula is C39H36Cl3NO2. The third kappa shape index (κ3) is 7.92. The number of likely N-dealkylation sites (N-methyl/N-ethyl adjacent to an activating group) is 1. The van der Waals surface area contributed by atoms with Gasteiger partial charge in [0.05, 0.1) is 5.02 Å². The molecule has 3 nitrogen and oxygen atoms in total. The van der Waals surface area contributed by atoms with E-state index in [9.17, 15) is 0 Å². The van der Waals surface area contributed by atoms with Crippen LogP contribution in [0.1, 0.15) is 35.6 Å². The van der Waals surface area contributed by atoms with Gasteiger partial charge in [0.2, 0.25) is 0 Å². The Hall–Kier alpha value is -3.73. The van der Waals surface area contributed by atoms with Crippen molar-refractivity contribution < 1.29 is 9.15 Å². The summed E-state index contributed by atoms with van der Waals surface area (Å²) in [7, 11) is 4.11. The van der Waals surface area contributed by atoms with Gasteiger partial charge in [0.15, 0.2) is 0 Å². The summed E-state index contributed by atoms with van der Waals surface area (Å²) in [6.45, 7) is 5.78. The van der Waals surface area contributed by atoms with Crippen molar-refractivity contribution in [2.75, 3.05) is 27.2 Å². The smallest absolute Gasteiger partial charge is 0.138 e. The van der Waals surface area contributed by atoms with Crippen LogP contribution in [0.2, 0.25) is 15.1 Å². The molecule has 0 N–H and O–H groups in total. The Labute approximate surface area is 280 Å². The van der Waals surface area contributed by atoms with Crippen LogP contribution in [-0.4, -0.2) is 32.1 Å². The highest BCUT2D eigenvalue weighted by molar-refractivity contribution is 6.40. The molecule has 6 aromatic rings. The number of furan rings is 1. The highest BCUT2D eigenvalue weighted by Gasteiger charge is 2.15. The van der Waals surface area contributed by atoms with E-state index in [-0.39, 0.29) is 0 Å². The van der Waals surface area contributed by atoms with Crippen LogP contribution in [0.15, 0.2) is 114 Å². The van der Waals surface area contributed by atoms with Gasteiger partial charge < -0.3 is 14.1 Å². The monoisotopic (exact) mass is 655 g/mol. The van der Waals surface area contributed by atoms with E-state index in [1.807, 2.05) is 19.1 Å². The van der Waals surface area contributed by atoms with E-state index in [2.05, 4.69) is 111 Å². The second kappa shape index (κ2) is 15.0. The molecule has 5 aromatic carbocycles. The molecule has 0 saturated carbocycles. The van der Waals surface area contributed by atoms with E-state index >= 15 is 0 Å². The highest BCUT2D eigenvalue weighted by Crippen LogP contribution is 2.39. The first-order chi connectivity index (χ1) is 21.7. The lowest BCUT2D eigenvalue weighted by molar-refractivity contribution is 0.261. The van der Waals surface area contributed by atoms with Gasteiger partial charge in [-0.3, -0.25) is 0 Å². The Morgan fingerprint density at radius 3 is 1.96 bits per heavy atom. The van der Waals surface area contributed by atoms with E-state index in [0.29, 0.717) is 27.3 Å². The van der Waals surface area contributed by atoms with E-state index in [0.717, 1.165) is 40.6 Å². The molecule has 45 heavy (non-hydrogen) atoms. The summed E-state index contributed by atoms with van der Waals surface area (Å²) >= 11 is 18.2. The maximum Gasteiger partial charge on any atom is 0.138 e. The van der Waals surface area contributed by atoms with Crippen molar-refractivity contribution in [1.29, 1.82) is 0 Å². The molecule has 0 radical (unpaired) electrons. The van der Waals surface area contributed by atoms with Crippen LogP contribution < -0.4 is 4.74 Å². The zero-order valence-electron chi connectivity index (χ0n) is 25.9. The van der Waals surface area contributed by atoms with Crippen LogP contribution in [0.5, 0.6) is 5.75 Å². The summed E-state index contributed by atoms with van der Waals surface area (Å²) in [4.78, 5) is 2.12. The lowest BCUT2D eigenvalue weighted by Crippen LogP contribution is -2.19. The van der Waals surface area contributed by atoms with Crippen molar-refractivity contribution >= 4 is 67.9 Å². The molecule has 0 amide bonds. The molecule has 0 aliphatic heterocycles. The maximum atomic E-state index is 6.20. The molecule has 0 aliphatic carbocycles. The summed E-state index contributed by atoms with van der Waals surface area (Å²) in [5.74, 6) is 0.913. The highest BCUT2D eigenvalue weighted by atomic mass is 35.5. The van der Waals surface area contributed by atoms with Crippen molar-refractivity contribution in [2.24, 2.45) is 0 Å². The van der Waals surface area contributed by atoms with E-state index < -0.39 is 0 Å². The van der Waals surface area contributed by atoms with Gasteiger partial charge >= 0.3 is 0 Å². The van der Waals surface area contributed by atoms with Gasteiger partial charge in [-0.2, -0.15) is 0 Å². The first-order valence-corrected chi connectivity index (χ1v) is 16.1. The minimum absolute atomic E-state index is 0.560. The molecule has 230 valence electrons. The molecule has 6 rings (SSSR count). The summed E-state index contributed by atoms with van der Waals surface area (Å²) in [5.41, 5.74) is 8.83. The topological polar surface area (TPSA) is 25.6 Å². The van der Waals surface area contributed by atoms with Gasteiger partial charge in [-0.05, 0) is 91.2 Å². The summed E-state index contributed by atoms with van der Waals surface area (Å²) in [5, 5.41) is 3.59. The molecule has 0 fully saturated rings. The molecule has 0 saturated heterocycles. The molecule has 1 aromatic heterocycles. The Kier molecular flexibility index (Phi) is 10.9. The van der Waals surface area contributed by atoms with E-state index in [1.165, 1.54) is 27.8 Å².